The number of fused-ring (bicyclic) bond motifs is 1. The van der Waals surface area contributed by atoms with E-state index >= 15 is 0 Å². The summed E-state index contributed by atoms with van der Waals surface area (Å²) in [5, 5.41) is 22.7. The summed E-state index contributed by atoms with van der Waals surface area (Å²) < 4.78 is 11.2. The predicted molar refractivity (Wildman–Crippen MR) is 118 cm³/mol. The minimum Gasteiger partial charge on any atom is -1.00 e. The molecule has 2 aromatic carbocycles. The summed E-state index contributed by atoms with van der Waals surface area (Å²) in [6, 6.07) is 11.3. The van der Waals surface area contributed by atoms with E-state index in [1.807, 2.05) is 37.8 Å². The number of benzene rings is 2. The first-order valence-corrected chi connectivity index (χ1v) is 10.5. The van der Waals surface area contributed by atoms with Gasteiger partial charge in [0.05, 0.1) is 18.2 Å². The summed E-state index contributed by atoms with van der Waals surface area (Å²) in [4.78, 5) is 17.5. The van der Waals surface area contributed by atoms with Crippen molar-refractivity contribution in [3.8, 4) is 34.7 Å². The van der Waals surface area contributed by atoms with E-state index in [1.165, 1.54) is 5.56 Å². The minimum absolute atomic E-state index is 0. The number of ether oxygens (including phenoxy) is 1. The molecule has 1 aromatic heterocycles. The van der Waals surface area contributed by atoms with Gasteiger partial charge in [-0.1, -0.05) is 17.3 Å². The van der Waals surface area contributed by atoms with Gasteiger partial charge in [0.2, 0.25) is 5.82 Å². The van der Waals surface area contributed by atoms with Crippen molar-refractivity contribution in [3.63, 3.8) is 0 Å². The van der Waals surface area contributed by atoms with E-state index in [-0.39, 0.29) is 43.6 Å². The second-order valence-electron chi connectivity index (χ2n) is 8.14. The summed E-state index contributed by atoms with van der Waals surface area (Å²) in [5.41, 5.74) is 5.34. The van der Waals surface area contributed by atoms with Crippen molar-refractivity contribution in [3.05, 3.63) is 52.6 Å². The van der Waals surface area contributed by atoms with Crippen LogP contribution in [0.4, 0.5) is 0 Å². The molecule has 1 aliphatic heterocycles. The Morgan fingerprint density at radius 2 is 2.15 bits per heavy atom. The third kappa shape index (κ3) is 5.45. The van der Waals surface area contributed by atoms with E-state index < -0.39 is 5.97 Å². The van der Waals surface area contributed by atoms with Gasteiger partial charge in [-0.3, -0.25) is 9.69 Å². The number of nitrogens with zero attached hydrogens (tertiary/aromatic N) is 4. The summed E-state index contributed by atoms with van der Waals surface area (Å²) in [6.45, 7) is 7.20. The maximum Gasteiger partial charge on any atom is 1.00 e. The summed E-state index contributed by atoms with van der Waals surface area (Å²) in [5.74, 6) is 0.518. The summed E-state index contributed by atoms with van der Waals surface area (Å²) in [6.07, 6.45) is 0.738. The molecular formula is C24H25N4NaO4. The number of aromatic nitrogens is 2. The number of hydrogen-bond acceptors (Lipinski definition) is 7. The third-order valence-corrected chi connectivity index (χ3v) is 5.50. The van der Waals surface area contributed by atoms with Crippen molar-refractivity contribution in [1.82, 2.24) is 15.0 Å². The van der Waals surface area contributed by atoms with E-state index in [9.17, 15) is 10.1 Å². The molecule has 0 amide bonds. The van der Waals surface area contributed by atoms with Crippen LogP contribution >= 0.6 is 0 Å². The van der Waals surface area contributed by atoms with Crippen LogP contribution in [-0.4, -0.2) is 45.3 Å². The van der Waals surface area contributed by atoms with Gasteiger partial charge in [0.1, 0.15) is 11.8 Å². The molecule has 0 unspecified atom stereocenters. The zero-order valence-corrected chi connectivity index (χ0v) is 21.3. The molecule has 8 nitrogen and oxygen atoms in total. The number of rotatable bonds is 6. The molecule has 4 rings (SSSR count). The molecule has 1 aliphatic rings. The van der Waals surface area contributed by atoms with Crippen LogP contribution in [0.5, 0.6) is 5.75 Å². The molecule has 0 radical (unpaired) electrons. The molecular weight excluding hydrogens is 431 g/mol. The molecule has 166 valence electrons. The molecule has 0 atom stereocenters. The van der Waals surface area contributed by atoms with Crippen LogP contribution in [0.1, 0.15) is 37.5 Å². The Morgan fingerprint density at radius 3 is 2.85 bits per heavy atom. The van der Waals surface area contributed by atoms with E-state index in [0.717, 1.165) is 23.1 Å². The van der Waals surface area contributed by atoms with Gasteiger partial charge < -0.3 is 15.8 Å². The number of carboxylic acid groups (broad SMARTS) is 1. The molecule has 0 aliphatic carbocycles. The van der Waals surface area contributed by atoms with Crippen LogP contribution < -0.4 is 34.3 Å². The average Bonchev–Trinajstić information content (AvgIpc) is 3.23. The number of carbonyl (C=O) groups is 1. The Hall–Kier alpha value is -2.70. The standard InChI is InChI=1S/C24H24N4O4.Na.H/c1-14(2)31-21-7-5-16(10-18(21)11-25)24-26-23(27-32-24)20-6-4-17-12-28(13-22(29)30)9-8-19(17)15(20)3;;/h4-7,10,14H,8-9,12-13H2,1-3H3,(H,29,30);;/q;+1;-1. The van der Waals surface area contributed by atoms with Crippen LogP contribution in [-0.2, 0) is 17.8 Å². The number of carboxylic acids is 1. The predicted octanol–water partition coefficient (Wildman–Crippen LogP) is 0.930. The fraction of sp³-hybridized carbons (Fsp3) is 0.333. The molecule has 9 heteroatoms. The molecule has 0 spiro atoms. The van der Waals surface area contributed by atoms with E-state index in [0.29, 0.717) is 41.7 Å². The maximum absolute atomic E-state index is 11.0. The van der Waals surface area contributed by atoms with Gasteiger partial charge in [0, 0.05) is 24.2 Å². The molecule has 1 N–H and O–H groups in total. The molecule has 0 saturated heterocycles. The zero-order chi connectivity index (χ0) is 22.8. The van der Waals surface area contributed by atoms with Crippen LogP contribution in [0.2, 0.25) is 0 Å². The zero-order valence-electron chi connectivity index (χ0n) is 20.3. The van der Waals surface area contributed by atoms with Gasteiger partial charge in [-0.25, -0.2) is 0 Å². The van der Waals surface area contributed by atoms with E-state index in [2.05, 4.69) is 16.2 Å². The van der Waals surface area contributed by atoms with Crippen LogP contribution in [0, 0.1) is 18.3 Å². The largest absolute Gasteiger partial charge is 1.00 e. The fourth-order valence-electron chi connectivity index (χ4n) is 4.02. The first kappa shape index (κ1) is 24.9. The molecule has 33 heavy (non-hydrogen) atoms. The van der Waals surface area contributed by atoms with Crippen molar-refractivity contribution in [2.24, 2.45) is 0 Å². The Bertz CT molecular complexity index is 1220. The van der Waals surface area contributed by atoms with Crippen molar-refractivity contribution < 1.29 is 50.1 Å². The van der Waals surface area contributed by atoms with Crippen molar-refractivity contribution in [1.29, 1.82) is 5.26 Å². The molecule has 0 saturated carbocycles. The molecule has 3 aromatic rings. The van der Waals surface area contributed by atoms with Crippen LogP contribution in [0.3, 0.4) is 0 Å². The van der Waals surface area contributed by atoms with Crippen molar-refractivity contribution in [2.75, 3.05) is 13.1 Å². The molecule has 0 bridgehead atoms. The minimum atomic E-state index is -0.815. The first-order chi connectivity index (χ1) is 15.4. The Labute approximate surface area is 215 Å². The van der Waals surface area contributed by atoms with Gasteiger partial charge in [0.15, 0.2) is 0 Å². The second-order valence-corrected chi connectivity index (χ2v) is 8.14. The van der Waals surface area contributed by atoms with Gasteiger partial charge in [-0.05, 0) is 62.1 Å². The Balaban J connectivity index is 0.00000204. The Kier molecular flexibility index (Phi) is 7.92. The smallest absolute Gasteiger partial charge is 1.00 e. The summed E-state index contributed by atoms with van der Waals surface area (Å²) in [7, 11) is 0. The van der Waals surface area contributed by atoms with Gasteiger partial charge in [-0.2, -0.15) is 10.2 Å². The van der Waals surface area contributed by atoms with Crippen molar-refractivity contribution >= 4 is 5.97 Å². The maximum atomic E-state index is 11.0. The Morgan fingerprint density at radius 1 is 1.36 bits per heavy atom. The van der Waals surface area contributed by atoms with Gasteiger partial charge in [-0.15, -0.1) is 0 Å². The van der Waals surface area contributed by atoms with E-state index in [4.69, 9.17) is 14.4 Å². The molecule has 0 fully saturated rings. The quantitative estimate of drug-likeness (QED) is 0.545. The topological polar surface area (TPSA) is 112 Å². The van der Waals surface area contributed by atoms with Gasteiger partial charge >= 0.3 is 35.5 Å². The third-order valence-electron chi connectivity index (χ3n) is 5.50. The molecule has 2 heterocycles. The number of aliphatic carboxylic acids is 1. The van der Waals surface area contributed by atoms with Gasteiger partial charge in [0.25, 0.3) is 5.89 Å². The SMILES string of the molecule is Cc1c(-c2noc(-c3ccc(OC(C)C)c(C#N)c3)n2)ccc2c1CCN(CC(=O)O)C2.[H-].[Na+]. The second kappa shape index (κ2) is 10.5. The van der Waals surface area contributed by atoms with E-state index in [1.54, 1.807) is 18.2 Å². The number of nitriles is 1. The van der Waals surface area contributed by atoms with Crippen LogP contribution in [0.25, 0.3) is 22.8 Å². The average molecular weight is 456 g/mol. The van der Waals surface area contributed by atoms with Crippen molar-refractivity contribution in [2.45, 2.75) is 39.8 Å². The fourth-order valence-corrected chi connectivity index (χ4v) is 4.02. The van der Waals surface area contributed by atoms with Crippen LogP contribution in [0.15, 0.2) is 34.9 Å². The normalized spacial score (nSPS) is 13.2. The first-order valence-electron chi connectivity index (χ1n) is 10.5. The number of hydrogen-bond donors (Lipinski definition) is 1. The summed E-state index contributed by atoms with van der Waals surface area (Å²) >= 11 is 0. The monoisotopic (exact) mass is 456 g/mol.